The van der Waals surface area contributed by atoms with Crippen molar-refractivity contribution >= 4 is 35.6 Å². The normalized spacial score (nSPS) is 23.1. The highest BCUT2D eigenvalue weighted by atomic mass is 32.2. The zero-order chi connectivity index (χ0) is 30.4. The van der Waals surface area contributed by atoms with Crippen molar-refractivity contribution in [2.75, 3.05) is 6.61 Å². The summed E-state index contributed by atoms with van der Waals surface area (Å²) in [5, 5.41) is 10.7. The van der Waals surface area contributed by atoms with E-state index in [2.05, 4.69) is 11.1 Å². The number of hydrogen-bond acceptors (Lipinski definition) is 13. The van der Waals surface area contributed by atoms with Crippen LogP contribution in [0.5, 0.6) is 0 Å². The molecule has 1 fully saturated rings. The van der Waals surface area contributed by atoms with Crippen LogP contribution in [0.3, 0.4) is 0 Å². The van der Waals surface area contributed by atoms with Crippen molar-refractivity contribution in [1.82, 2.24) is 9.97 Å². The molecule has 0 radical (unpaired) electrons. The third kappa shape index (κ3) is 7.24. The first-order valence-electron chi connectivity index (χ1n) is 13.4. The van der Waals surface area contributed by atoms with E-state index in [1.807, 2.05) is 6.07 Å². The number of aryl methyl sites for hydroxylation is 1. The third-order valence-electron chi connectivity index (χ3n) is 6.68. The van der Waals surface area contributed by atoms with Gasteiger partial charge in [0.15, 0.2) is 23.7 Å². The fourth-order valence-electron chi connectivity index (χ4n) is 5.13. The molecule has 1 aliphatic heterocycles. The van der Waals surface area contributed by atoms with E-state index >= 15 is 0 Å². The number of rotatable bonds is 8. The standard InChI is InChI=1S/C29H31N3O9S/c1-15(33)37-14-23-25(38-16(2)34)26(39-17(3)35)27(40-18(4)36)29(41-23)42-28-21(12-30)24(19-8-7-11-31-13-19)20-9-5-6-10-22(20)32-28/h7-8,11,13,23,25-27,29H,5-6,9-10,14H2,1-4H3/t23-,25+,26+,27-,29+/m1/s1. The van der Waals surface area contributed by atoms with E-state index in [-0.39, 0.29) is 6.61 Å². The Labute approximate surface area is 247 Å². The highest BCUT2D eigenvalue weighted by Crippen LogP contribution is 2.42. The number of hydrogen-bond donors (Lipinski definition) is 0. The van der Waals surface area contributed by atoms with Crippen LogP contribution in [0.2, 0.25) is 0 Å². The minimum absolute atomic E-state index is 0.293. The van der Waals surface area contributed by atoms with Gasteiger partial charge in [-0.3, -0.25) is 24.2 Å². The van der Waals surface area contributed by atoms with Crippen LogP contribution in [0.25, 0.3) is 11.1 Å². The van der Waals surface area contributed by atoms with Crippen LogP contribution in [0.1, 0.15) is 57.4 Å². The lowest BCUT2D eigenvalue weighted by Crippen LogP contribution is -2.61. The molecule has 2 aromatic rings. The zero-order valence-electron chi connectivity index (χ0n) is 23.7. The second-order valence-electron chi connectivity index (χ2n) is 9.84. The molecule has 42 heavy (non-hydrogen) atoms. The highest BCUT2D eigenvalue weighted by molar-refractivity contribution is 7.99. The summed E-state index contributed by atoms with van der Waals surface area (Å²) in [5.41, 5.74) is 2.50. The molecule has 3 heterocycles. The first-order valence-corrected chi connectivity index (χ1v) is 14.3. The number of nitrogens with zero attached hydrogens (tertiary/aromatic N) is 3. The van der Waals surface area contributed by atoms with E-state index < -0.39 is 53.7 Å². The van der Waals surface area contributed by atoms with E-state index in [9.17, 15) is 24.4 Å². The average Bonchev–Trinajstić information content (AvgIpc) is 2.94. The van der Waals surface area contributed by atoms with Crippen molar-refractivity contribution in [2.24, 2.45) is 0 Å². The highest BCUT2D eigenvalue weighted by Gasteiger charge is 2.53. The summed E-state index contributed by atoms with van der Waals surface area (Å²) in [6, 6.07) is 5.96. The van der Waals surface area contributed by atoms with Crippen LogP contribution in [0, 0.1) is 11.3 Å². The molecule has 0 bridgehead atoms. The molecule has 0 saturated carbocycles. The number of nitriles is 1. The second kappa shape index (κ2) is 13.8. The van der Waals surface area contributed by atoms with Gasteiger partial charge in [-0.1, -0.05) is 17.8 Å². The predicted molar refractivity (Wildman–Crippen MR) is 147 cm³/mol. The lowest BCUT2D eigenvalue weighted by molar-refractivity contribution is -0.237. The molecule has 0 amide bonds. The van der Waals surface area contributed by atoms with Gasteiger partial charge in [-0.15, -0.1) is 0 Å². The topological polar surface area (TPSA) is 164 Å². The molecule has 1 aliphatic carbocycles. The van der Waals surface area contributed by atoms with Crippen LogP contribution >= 0.6 is 11.8 Å². The Hall–Kier alpha value is -4.02. The number of carbonyl (C=O) groups excluding carboxylic acids is 4. The first kappa shape index (κ1) is 30.9. The van der Waals surface area contributed by atoms with Crippen LogP contribution in [-0.2, 0) is 55.7 Å². The van der Waals surface area contributed by atoms with Gasteiger partial charge in [0.25, 0.3) is 0 Å². The van der Waals surface area contributed by atoms with E-state index in [0.717, 1.165) is 67.3 Å². The van der Waals surface area contributed by atoms with Gasteiger partial charge in [-0.25, -0.2) is 4.98 Å². The average molecular weight is 598 g/mol. The molecule has 0 N–H and O–H groups in total. The van der Waals surface area contributed by atoms with Crippen molar-refractivity contribution in [3.8, 4) is 17.2 Å². The zero-order valence-corrected chi connectivity index (χ0v) is 24.5. The van der Waals surface area contributed by atoms with Crippen molar-refractivity contribution in [1.29, 1.82) is 5.26 Å². The Morgan fingerprint density at radius 3 is 2.26 bits per heavy atom. The van der Waals surface area contributed by atoms with Crippen molar-refractivity contribution in [3.05, 3.63) is 41.3 Å². The minimum Gasteiger partial charge on any atom is -0.463 e. The SMILES string of the molecule is CC(=O)OC[C@H]1O[C@@H](Sc2nc3c(c(-c4cccnc4)c2C#N)CCCC3)[C@H](OC(C)=O)[C@@H](OC(C)=O)[C@H]1OC(C)=O. The Morgan fingerprint density at radius 2 is 1.64 bits per heavy atom. The quantitative estimate of drug-likeness (QED) is 0.322. The maximum absolute atomic E-state index is 12.2. The molecule has 0 spiro atoms. The number of pyridine rings is 2. The molecule has 13 heteroatoms. The van der Waals surface area contributed by atoms with Crippen LogP contribution in [-0.4, -0.2) is 70.3 Å². The molecule has 12 nitrogen and oxygen atoms in total. The van der Waals surface area contributed by atoms with Crippen LogP contribution in [0.4, 0.5) is 0 Å². The molecule has 4 rings (SSSR count). The van der Waals surface area contributed by atoms with Crippen LogP contribution in [0.15, 0.2) is 29.6 Å². The Morgan fingerprint density at radius 1 is 0.976 bits per heavy atom. The predicted octanol–water partition coefficient (Wildman–Crippen LogP) is 3.07. The Balaban J connectivity index is 1.83. The lowest BCUT2D eigenvalue weighted by Gasteiger charge is -2.44. The van der Waals surface area contributed by atoms with Gasteiger partial charge in [0.05, 0.1) is 5.56 Å². The largest absolute Gasteiger partial charge is 0.463 e. The Kier molecular flexibility index (Phi) is 10.1. The third-order valence-corrected chi connectivity index (χ3v) is 7.81. The van der Waals surface area contributed by atoms with Gasteiger partial charge >= 0.3 is 23.9 Å². The molecule has 1 saturated heterocycles. The maximum Gasteiger partial charge on any atom is 0.303 e. The van der Waals surface area contributed by atoms with E-state index in [1.165, 1.54) is 13.8 Å². The van der Waals surface area contributed by atoms with Crippen molar-refractivity contribution < 1.29 is 42.9 Å². The number of thioether (sulfide) groups is 1. The number of ether oxygens (including phenoxy) is 5. The number of carbonyl (C=O) groups is 4. The molecule has 2 aromatic heterocycles. The molecular weight excluding hydrogens is 566 g/mol. The fourth-order valence-corrected chi connectivity index (χ4v) is 6.32. The summed E-state index contributed by atoms with van der Waals surface area (Å²) >= 11 is 1.01. The number of aromatic nitrogens is 2. The second-order valence-corrected chi connectivity index (χ2v) is 10.9. The monoisotopic (exact) mass is 597 g/mol. The van der Waals surface area contributed by atoms with Gasteiger partial charge in [-0.2, -0.15) is 5.26 Å². The first-order chi connectivity index (χ1) is 20.1. The van der Waals surface area contributed by atoms with Crippen molar-refractivity contribution in [3.63, 3.8) is 0 Å². The summed E-state index contributed by atoms with van der Waals surface area (Å²) in [7, 11) is 0. The smallest absolute Gasteiger partial charge is 0.303 e. The summed E-state index contributed by atoms with van der Waals surface area (Å²) in [6.45, 7) is 4.35. The molecule has 222 valence electrons. The van der Waals surface area contributed by atoms with E-state index in [0.29, 0.717) is 17.0 Å². The summed E-state index contributed by atoms with van der Waals surface area (Å²) in [5.74, 6) is -2.76. The number of fused-ring (bicyclic) bond motifs is 1. The molecule has 5 atom stereocenters. The fraction of sp³-hybridized carbons (Fsp3) is 0.483. The summed E-state index contributed by atoms with van der Waals surface area (Å²) in [4.78, 5) is 57.2. The van der Waals surface area contributed by atoms with Crippen LogP contribution < -0.4 is 0 Å². The summed E-state index contributed by atoms with van der Waals surface area (Å²) in [6.07, 6.45) is 1.72. The molecular formula is C29H31N3O9S. The van der Waals surface area contributed by atoms with E-state index in [1.54, 1.807) is 18.5 Å². The molecule has 0 unspecified atom stereocenters. The van der Waals surface area contributed by atoms with Gasteiger partial charge in [0.2, 0.25) is 0 Å². The summed E-state index contributed by atoms with van der Waals surface area (Å²) < 4.78 is 28.0. The van der Waals surface area contributed by atoms with Gasteiger partial charge in [0.1, 0.15) is 23.8 Å². The minimum atomic E-state index is -1.32. The molecule has 2 aliphatic rings. The van der Waals surface area contributed by atoms with Gasteiger partial charge < -0.3 is 23.7 Å². The van der Waals surface area contributed by atoms with Crippen molar-refractivity contribution in [2.45, 2.75) is 88.3 Å². The molecule has 0 aromatic carbocycles. The lowest BCUT2D eigenvalue weighted by atomic mass is 9.87. The van der Waals surface area contributed by atoms with Gasteiger partial charge in [-0.05, 0) is 37.3 Å². The Bertz CT molecular complexity index is 1390. The number of esters is 4. The maximum atomic E-state index is 12.2. The van der Waals surface area contributed by atoms with Gasteiger partial charge in [0, 0.05) is 56.9 Å². The van der Waals surface area contributed by atoms with E-state index in [4.69, 9.17) is 28.7 Å².